The van der Waals surface area contributed by atoms with E-state index in [1.807, 2.05) is 23.1 Å². The van der Waals surface area contributed by atoms with Crippen molar-refractivity contribution in [3.63, 3.8) is 0 Å². The van der Waals surface area contributed by atoms with Crippen LogP contribution >= 0.6 is 0 Å². The van der Waals surface area contributed by atoms with Crippen molar-refractivity contribution < 1.29 is 9.59 Å². The number of amides is 3. The van der Waals surface area contributed by atoms with Crippen molar-refractivity contribution in [1.82, 2.24) is 15.5 Å². The third kappa shape index (κ3) is 4.28. The van der Waals surface area contributed by atoms with Gasteiger partial charge in [-0.2, -0.15) is 0 Å². The Bertz CT molecular complexity index is 551. The first-order valence-electron chi connectivity index (χ1n) is 9.11. The summed E-state index contributed by atoms with van der Waals surface area (Å²) >= 11 is 0. The van der Waals surface area contributed by atoms with Gasteiger partial charge in [0.1, 0.15) is 0 Å². The normalized spacial score (nSPS) is 18.8. The zero-order chi connectivity index (χ0) is 16.8. The summed E-state index contributed by atoms with van der Waals surface area (Å²) in [6.07, 6.45) is 6.13. The predicted octanol–water partition coefficient (Wildman–Crippen LogP) is 2.84. The molecule has 2 aliphatic rings. The highest BCUT2D eigenvalue weighted by molar-refractivity contribution is 5.78. The second-order valence-electron chi connectivity index (χ2n) is 6.82. The molecule has 0 spiro atoms. The molecule has 5 heteroatoms. The fourth-order valence-corrected chi connectivity index (χ4v) is 3.51. The molecule has 2 fully saturated rings. The SMILES string of the molecule is O=C(NCCC(=O)N1CCCC1)N[C@@H](c1ccccc1)C1CCC1. The summed E-state index contributed by atoms with van der Waals surface area (Å²) < 4.78 is 0. The molecule has 0 radical (unpaired) electrons. The molecule has 24 heavy (non-hydrogen) atoms. The van der Waals surface area contributed by atoms with Crippen LogP contribution in [0.1, 0.15) is 50.1 Å². The second kappa shape index (κ2) is 8.18. The minimum atomic E-state index is -0.176. The van der Waals surface area contributed by atoms with Gasteiger partial charge in [-0.05, 0) is 37.2 Å². The molecule has 0 aromatic heterocycles. The van der Waals surface area contributed by atoms with Crippen LogP contribution in [-0.2, 0) is 4.79 Å². The number of carbonyl (C=O) groups is 2. The molecule has 1 heterocycles. The molecule has 1 saturated carbocycles. The van der Waals surface area contributed by atoms with E-state index in [0.29, 0.717) is 18.9 Å². The lowest BCUT2D eigenvalue weighted by Crippen LogP contribution is -2.43. The van der Waals surface area contributed by atoms with Gasteiger partial charge in [-0.1, -0.05) is 36.8 Å². The number of hydrogen-bond donors (Lipinski definition) is 2. The monoisotopic (exact) mass is 329 g/mol. The summed E-state index contributed by atoms with van der Waals surface area (Å²) in [6.45, 7) is 2.12. The Morgan fingerprint density at radius 3 is 2.42 bits per heavy atom. The smallest absolute Gasteiger partial charge is 0.315 e. The highest BCUT2D eigenvalue weighted by atomic mass is 16.2. The quantitative estimate of drug-likeness (QED) is 0.843. The first kappa shape index (κ1) is 16.8. The average Bonchev–Trinajstić information content (AvgIpc) is 3.08. The van der Waals surface area contributed by atoms with Gasteiger partial charge in [-0.3, -0.25) is 4.79 Å². The first-order chi connectivity index (χ1) is 11.7. The maximum atomic E-state index is 12.2. The Kier molecular flexibility index (Phi) is 5.72. The van der Waals surface area contributed by atoms with E-state index in [-0.39, 0.29) is 18.0 Å². The Morgan fingerprint density at radius 1 is 1.08 bits per heavy atom. The number of rotatable bonds is 6. The molecular formula is C19H27N3O2. The molecule has 2 N–H and O–H groups in total. The third-order valence-corrected chi connectivity index (χ3v) is 5.15. The largest absolute Gasteiger partial charge is 0.343 e. The first-order valence-corrected chi connectivity index (χ1v) is 9.11. The van der Waals surface area contributed by atoms with Crippen molar-refractivity contribution in [1.29, 1.82) is 0 Å². The molecule has 1 aromatic carbocycles. The van der Waals surface area contributed by atoms with Crippen LogP contribution in [0.4, 0.5) is 4.79 Å². The molecule has 1 atom stereocenters. The van der Waals surface area contributed by atoms with Crippen LogP contribution in [0, 0.1) is 5.92 Å². The van der Waals surface area contributed by atoms with Gasteiger partial charge in [-0.25, -0.2) is 4.79 Å². The molecule has 5 nitrogen and oxygen atoms in total. The summed E-state index contributed by atoms with van der Waals surface area (Å²) in [5.41, 5.74) is 1.16. The van der Waals surface area contributed by atoms with E-state index in [0.717, 1.165) is 44.3 Å². The summed E-state index contributed by atoms with van der Waals surface area (Å²) in [5.74, 6) is 0.663. The predicted molar refractivity (Wildman–Crippen MR) is 93.5 cm³/mol. The number of hydrogen-bond acceptors (Lipinski definition) is 2. The van der Waals surface area contributed by atoms with Gasteiger partial charge < -0.3 is 15.5 Å². The van der Waals surface area contributed by atoms with Gasteiger partial charge >= 0.3 is 6.03 Å². The summed E-state index contributed by atoms with van der Waals surface area (Å²) in [7, 11) is 0. The fraction of sp³-hybridized carbons (Fsp3) is 0.579. The van der Waals surface area contributed by atoms with Gasteiger partial charge in [0, 0.05) is 26.1 Å². The number of carbonyl (C=O) groups excluding carboxylic acids is 2. The van der Waals surface area contributed by atoms with E-state index < -0.39 is 0 Å². The minimum absolute atomic E-state index is 0.0641. The number of urea groups is 1. The molecule has 0 bridgehead atoms. The molecule has 1 aromatic rings. The van der Waals surface area contributed by atoms with Crippen LogP contribution in [0.5, 0.6) is 0 Å². The van der Waals surface area contributed by atoms with E-state index in [1.165, 1.54) is 6.42 Å². The van der Waals surface area contributed by atoms with Crippen molar-refractivity contribution in [2.75, 3.05) is 19.6 Å². The number of likely N-dealkylation sites (tertiary alicyclic amines) is 1. The van der Waals surface area contributed by atoms with Gasteiger partial charge in [-0.15, -0.1) is 0 Å². The average molecular weight is 329 g/mol. The van der Waals surface area contributed by atoms with Gasteiger partial charge in [0.15, 0.2) is 0 Å². The standard InChI is InChI=1S/C19H27N3O2/c23-17(22-13-4-5-14-22)11-12-20-19(24)21-18(16-9-6-10-16)15-7-2-1-3-8-15/h1-3,7-8,16,18H,4-6,9-14H2,(H2,20,21,24)/t18-/m0/s1. The second-order valence-corrected chi connectivity index (χ2v) is 6.82. The highest BCUT2D eigenvalue weighted by Crippen LogP contribution is 2.37. The minimum Gasteiger partial charge on any atom is -0.343 e. The van der Waals surface area contributed by atoms with E-state index >= 15 is 0 Å². The zero-order valence-electron chi connectivity index (χ0n) is 14.2. The lowest BCUT2D eigenvalue weighted by Gasteiger charge is -2.34. The van der Waals surface area contributed by atoms with Crippen LogP contribution in [0.25, 0.3) is 0 Å². The zero-order valence-corrected chi connectivity index (χ0v) is 14.2. The molecule has 1 aliphatic carbocycles. The van der Waals surface area contributed by atoms with Crippen molar-refractivity contribution in [2.24, 2.45) is 5.92 Å². The van der Waals surface area contributed by atoms with Gasteiger partial charge in [0.05, 0.1) is 6.04 Å². The molecular weight excluding hydrogens is 302 g/mol. The Morgan fingerprint density at radius 2 is 1.79 bits per heavy atom. The van der Waals surface area contributed by atoms with Crippen molar-refractivity contribution in [2.45, 2.75) is 44.6 Å². The van der Waals surface area contributed by atoms with Gasteiger partial charge in [0.2, 0.25) is 5.91 Å². The number of nitrogens with zero attached hydrogens (tertiary/aromatic N) is 1. The Labute approximate surface area is 143 Å². The van der Waals surface area contributed by atoms with E-state index in [4.69, 9.17) is 0 Å². The van der Waals surface area contributed by atoms with E-state index in [9.17, 15) is 9.59 Å². The Hall–Kier alpha value is -2.04. The Balaban J connectivity index is 1.46. The maximum Gasteiger partial charge on any atom is 0.315 e. The van der Waals surface area contributed by atoms with Crippen molar-refractivity contribution in [3.05, 3.63) is 35.9 Å². The van der Waals surface area contributed by atoms with E-state index in [2.05, 4.69) is 22.8 Å². The molecule has 3 amide bonds. The maximum absolute atomic E-state index is 12.2. The summed E-state index contributed by atoms with van der Waals surface area (Å²) in [4.78, 5) is 26.1. The van der Waals surface area contributed by atoms with Crippen LogP contribution in [0.15, 0.2) is 30.3 Å². The van der Waals surface area contributed by atoms with Crippen LogP contribution < -0.4 is 10.6 Å². The van der Waals surface area contributed by atoms with Crippen LogP contribution in [-0.4, -0.2) is 36.5 Å². The molecule has 3 rings (SSSR count). The lowest BCUT2D eigenvalue weighted by atomic mass is 9.77. The summed E-state index contributed by atoms with van der Waals surface area (Å²) in [5, 5.41) is 5.95. The highest BCUT2D eigenvalue weighted by Gasteiger charge is 2.29. The van der Waals surface area contributed by atoms with E-state index in [1.54, 1.807) is 0 Å². The fourth-order valence-electron chi connectivity index (χ4n) is 3.51. The van der Waals surface area contributed by atoms with Crippen LogP contribution in [0.2, 0.25) is 0 Å². The van der Waals surface area contributed by atoms with Crippen molar-refractivity contribution >= 4 is 11.9 Å². The van der Waals surface area contributed by atoms with Crippen molar-refractivity contribution in [3.8, 4) is 0 Å². The van der Waals surface area contributed by atoms with Gasteiger partial charge in [0.25, 0.3) is 0 Å². The molecule has 1 aliphatic heterocycles. The number of benzene rings is 1. The topological polar surface area (TPSA) is 61.4 Å². The molecule has 0 unspecified atom stereocenters. The lowest BCUT2D eigenvalue weighted by molar-refractivity contribution is -0.129. The molecule has 130 valence electrons. The molecule has 1 saturated heterocycles. The van der Waals surface area contributed by atoms with Crippen LogP contribution in [0.3, 0.4) is 0 Å². The third-order valence-electron chi connectivity index (χ3n) is 5.15. The number of nitrogens with one attached hydrogen (secondary N) is 2. The summed E-state index contributed by atoms with van der Waals surface area (Å²) in [6, 6.07) is 10.0.